The molecule has 0 radical (unpaired) electrons. The summed E-state index contributed by atoms with van der Waals surface area (Å²) < 4.78 is 31.9. The van der Waals surface area contributed by atoms with Gasteiger partial charge < -0.3 is 15.2 Å². The van der Waals surface area contributed by atoms with Crippen LogP contribution in [0, 0.1) is 5.92 Å². The van der Waals surface area contributed by atoms with Crippen LogP contribution < -0.4 is 10.1 Å². The Labute approximate surface area is 158 Å². The van der Waals surface area contributed by atoms with Gasteiger partial charge in [0.25, 0.3) is 0 Å². The third kappa shape index (κ3) is 3.79. The number of rotatable bonds is 6. The minimum atomic E-state index is -3.63. The first-order valence-corrected chi connectivity index (χ1v) is 10.4. The lowest BCUT2D eigenvalue weighted by Crippen LogP contribution is -2.60. The van der Waals surface area contributed by atoms with E-state index in [2.05, 4.69) is 5.32 Å². The molecule has 0 spiro atoms. The molecule has 9 heteroatoms. The molecule has 0 aromatic heterocycles. The average molecular weight is 396 g/mol. The standard InChI is InChI=1S/C18H24N2O6S/c1-26-14-3-5-15(6-4-14)27(24,25)20-11-7-13(8-12-20)16(21)19-18(17(22)23)9-2-10-18/h3-6,13H,2,7-12H2,1H3,(H,19,21)(H,22,23). The molecule has 148 valence electrons. The largest absolute Gasteiger partial charge is 0.497 e. The number of ether oxygens (including phenoxy) is 1. The second-order valence-corrected chi connectivity index (χ2v) is 9.02. The number of sulfonamides is 1. The van der Waals surface area contributed by atoms with Crippen molar-refractivity contribution in [2.75, 3.05) is 20.2 Å². The summed E-state index contributed by atoms with van der Waals surface area (Å²) in [5.74, 6) is -1.09. The quantitative estimate of drug-likeness (QED) is 0.748. The number of hydrogen-bond donors (Lipinski definition) is 2. The Morgan fingerprint density at radius 1 is 1.19 bits per heavy atom. The molecular formula is C18H24N2O6S. The van der Waals surface area contributed by atoms with E-state index < -0.39 is 21.5 Å². The highest BCUT2D eigenvalue weighted by atomic mass is 32.2. The maximum Gasteiger partial charge on any atom is 0.329 e. The molecule has 0 unspecified atom stereocenters. The van der Waals surface area contributed by atoms with Gasteiger partial charge in [-0.2, -0.15) is 4.31 Å². The van der Waals surface area contributed by atoms with Crippen molar-refractivity contribution in [1.82, 2.24) is 9.62 Å². The summed E-state index contributed by atoms with van der Waals surface area (Å²) in [6, 6.07) is 6.19. The Morgan fingerprint density at radius 2 is 1.78 bits per heavy atom. The number of benzene rings is 1. The van der Waals surface area contributed by atoms with Crippen molar-refractivity contribution in [2.24, 2.45) is 5.92 Å². The molecule has 1 aliphatic carbocycles. The van der Waals surface area contributed by atoms with Crippen molar-refractivity contribution in [3.63, 3.8) is 0 Å². The number of nitrogens with one attached hydrogen (secondary N) is 1. The lowest BCUT2D eigenvalue weighted by atomic mass is 9.76. The minimum absolute atomic E-state index is 0.186. The van der Waals surface area contributed by atoms with Crippen LogP contribution >= 0.6 is 0 Å². The first-order chi connectivity index (χ1) is 12.8. The summed E-state index contributed by atoms with van der Waals surface area (Å²) in [6.07, 6.45) is 2.41. The molecule has 1 saturated heterocycles. The number of carboxylic acid groups (broad SMARTS) is 1. The number of amides is 1. The van der Waals surface area contributed by atoms with Crippen LogP contribution in [-0.2, 0) is 19.6 Å². The van der Waals surface area contributed by atoms with E-state index in [-0.39, 0.29) is 29.8 Å². The summed E-state index contributed by atoms with van der Waals surface area (Å²) in [5.41, 5.74) is -1.14. The normalized spacial score (nSPS) is 20.5. The molecule has 2 aliphatic rings. The van der Waals surface area contributed by atoms with Gasteiger partial charge in [-0.3, -0.25) is 4.79 Å². The van der Waals surface area contributed by atoms with Crippen LogP contribution in [-0.4, -0.2) is 55.4 Å². The number of carboxylic acids is 1. The van der Waals surface area contributed by atoms with Gasteiger partial charge in [-0.05, 0) is 56.4 Å². The SMILES string of the molecule is COc1ccc(S(=O)(=O)N2CCC(C(=O)NC3(C(=O)O)CCC3)CC2)cc1. The molecule has 1 aliphatic heterocycles. The van der Waals surface area contributed by atoms with Crippen molar-refractivity contribution in [1.29, 1.82) is 0 Å². The average Bonchev–Trinajstić information content (AvgIpc) is 2.64. The number of carbonyl (C=O) groups is 2. The molecular weight excluding hydrogens is 372 g/mol. The summed E-state index contributed by atoms with van der Waals surface area (Å²) in [6.45, 7) is 0.457. The number of hydrogen-bond acceptors (Lipinski definition) is 5. The number of methoxy groups -OCH3 is 1. The van der Waals surface area contributed by atoms with Gasteiger partial charge in [0.1, 0.15) is 11.3 Å². The number of carbonyl (C=O) groups excluding carboxylic acids is 1. The molecule has 3 rings (SSSR count). The summed E-state index contributed by atoms with van der Waals surface area (Å²) in [4.78, 5) is 24.0. The van der Waals surface area contributed by atoms with E-state index in [1.165, 1.54) is 23.5 Å². The third-order valence-electron chi connectivity index (χ3n) is 5.50. The molecule has 1 heterocycles. The lowest BCUT2D eigenvalue weighted by Gasteiger charge is -2.40. The predicted molar refractivity (Wildman–Crippen MR) is 96.8 cm³/mol. The third-order valence-corrected chi connectivity index (χ3v) is 7.41. The number of nitrogens with zero attached hydrogens (tertiary/aromatic N) is 1. The van der Waals surface area contributed by atoms with E-state index in [0.29, 0.717) is 31.4 Å². The smallest absolute Gasteiger partial charge is 0.329 e. The zero-order valence-electron chi connectivity index (χ0n) is 15.2. The van der Waals surface area contributed by atoms with Gasteiger partial charge in [0, 0.05) is 19.0 Å². The Bertz CT molecular complexity index is 809. The van der Waals surface area contributed by atoms with Crippen molar-refractivity contribution >= 4 is 21.9 Å². The summed E-state index contributed by atoms with van der Waals surface area (Å²) in [7, 11) is -2.11. The van der Waals surface area contributed by atoms with Crippen LogP contribution in [0.3, 0.4) is 0 Å². The molecule has 1 aromatic rings. The highest BCUT2D eigenvalue weighted by molar-refractivity contribution is 7.89. The Hall–Kier alpha value is -2.13. The topological polar surface area (TPSA) is 113 Å². The van der Waals surface area contributed by atoms with Gasteiger partial charge in [0.15, 0.2) is 0 Å². The van der Waals surface area contributed by atoms with E-state index in [4.69, 9.17) is 4.74 Å². The van der Waals surface area contributed by atoms with E-state index in [0.717, 1.165) is 6.42 Å². The van der Waals surface area contributed by atoms with Crippen LogP contribution in [0.2, 0.25) is 0 Å². The van der Waals surface area contributed by atoms with Crippen LogP contribution in [0.25, 0.3) is 0 Å². The fraction of sp³-hybridized carbons (Fsp3) is 0.556. The van der Waals surface area contributed by atoms with Gasteiger partial charge in [-0.15, -0.1) is 0 Å². The Balaban J connectivity index is 1.60. The predicted octanol–water partition coefficient (Wildman–Crippen LogP) is 1.22. The lowest BCUT2D eigenvalue weighted by molar-refractivity contribution is -0.152. The number of piperidine rings is 1. The molecule has 0 atom stereocenters. The molecule has 1 saturated carbocycles. The van der Waals surface area contributed by atoms with Gasteiger partial charge in [0.05, 0.1) is 12.0 Å². The van der Waals surface area contributed by atoms with Crippen LogP contribution in [0.15, 0.2) is 29.2 Å². The van der Waals surface area contributed by atoms with Crippen molar-refractivity contribution in [2.45, 2.75) is 42.5 Å². The summed E-state index contributed by atoms with van der Waals surface area (Å²) >= 11 is 0. The van der Waals surface area contributed by atoms with Gasteiger partial charge in [-0.25, -0.2) is 13.2 Å². The van der Waals surface area contributed by atoms with E-state index >= 15 is 0 Å². The second kappa shape index (κ2) is 7.47. The van der Waals surface area contributed by atoms with Crippen LogP contribution in [0.1, 0.15) is 32.1 Å². The molecule has 2 fully saturated rings. The molecule has 8 nitrogen and oxygen atoms in total. The molecule has 1 aromatic carbocycles. The van der Waals surface area contributed by atoms with E-state index in [1.807, 2.05) is 0 Å². The Morgan fingerprint density at radius 3 is 2.22 bits per heavy atom. The maximum absolute atomic E-state index is 12.7. The van der Waals surface area contributed by atoms with Gasteiger partial charge >= 0.3 is 5.97 Å². The van der Waals surface area contributed by atoms with Crippen LogP contribution in [0.5, 0.6) is 5.75 Å². The summed E-state index contributed by atoms with van der Waals surface area (Å²) in [5, 5.41) is 12.0. The van der Waals surface area contributed by atoms with Crippen molar-refractivity contribution in [3.8, 4) is 5.75 Å². The fourth-order valence-electron chi connectivity index (χ4n) is 3.52. The maximum atomic E-state index is 12.7. The minimum Gasteiger partial charge on any atom is -0.497 e. The zero-order chi connectivity index (χ0) is 19.7. The molecule has 0 bridgehead atoms. The molecule has 2 N–H and O–H groups in total. The first-order valence-electron chi connectivity index (χ1n) is 8.98. The number of aliphatic carboxylic acids is 1. The van der Waals surface area contributed by atoms with Gasteiger partial charge in [0.2, 0.25) is 15.9 Å². The van der Waals surface area contributed by atoms with E-state index in [9.17, 15) is 23.1 Å². The van der Waals surface area contributed by atoms with Crippen molar-refractivity contribution in [3.05, 3.63) is 24.3 Å². The second-order valence-electron chi connectivity index (χ2n) is 7.08. The monoisotopic (exact) mass is 396 g/mol. The molecule has 27 heavy (non-hydrogen) atoms. The fourth-order valence-corrected chi connectivity index (χ4v) is 4.99. The highest BCUT2D eigenvalue weighted by Gasteiger charge is 2.46. The van der Waals surface area contributed by atoms with Crippen LogP contribution in [0.4, 0.5) is 0 Å². The van der Waals surface area contributed by atoms with Gasteiger partial charge in [-0.1, -0.05) is 0 Å². The Kier molecular flexibility index (Phi) is 5.43. The highest BCUT2D eigenvalue weighted by Crippen LogP contribution is 2.33. The zero-order valence-corrected chi connectivity index (χ0v) is 16.0. The molecule has 1 amide bonds. The first kappa shape index (κ1) is 19.6. The van der Waals surface area contributed by atoms with E-state index in [1.54, 1.807) is 12.1 Å². The van der Waals surface area contributed by atoms with Crippen molar-refractivity contribution < 1.29 is 27.9 Å².